The summed E-state index contributed by atoms with van der Waals surface area (Å²) in [5, 5.41) is 2.00. The average molecular weight is 268 g/mol. The van der Waals surface area contributed by atoms with Crippen LogP contribution < -0.4 is 11.1 Å². The van der Waals surface area contributed by atoms with Crippen molar-refractivity contribution in [2.24, 2.45) is 5.73 Å². The van der Waals surface area contributed by atoms with E-state index in [0.717, 1.165) is 0 Å². The van der Waals surface area contributed by atoms with E-state index < -0.39 is 46.6 Å². The maximum Gasteiger partial charge on any atom is 0.257 e. The quantitative estimate of drug-likeness (QED) is 0.495. The van der Waals surface area contributed by atoms with Gasteiger partial charge in [-0.2, -0.15) is 0 Å². The first-order chi connectivity index (χ1) is 8.31. The molecule has 3 nitrogen and oxygen atoms in total. The lowest BCUT2D eigenvalue weighted by atomic mass is 10.1. The number of benzene rings is 1. The van der Waals surface area contributed by atoms with Gasteiger partial charge in [-0.05, 0) is 6.92 Å². The van der Waals surface area contributed by atoms with E-state index in [1.807, 2.05) is 5.32 Å². The zero-order valence-electron chi connectivity index (χ0n) is 9.16. The summed E-state index contributed by atoms with van der Waals surface area (Å²) in [5.41, 5.74) is 3.63. The fourth-order valence-electron chi connectivity index (χ4n) is 1.16. The highest BCUT2D eigenvalue weighted by Gasteiger charge is 2.29. The van der Waals surface area contributed by atoms with Crippen LogP contribution in [0.5, 0.6) is 0 Å². The van der Waals surface area contributed by atoms with Crippen LogP contribution in [0.4, 0.5) is 22.0 Å². The average Bonchev–Trinajstić information content (AvgIpc) is 2.34. The van der Waals surface area contributed by atoms with Gasteiger partial charge in [0.15, 0.2) is 23.3 Å². The van der Waals surface area contributed by atoms with Gasteiger partial charge in [-0.25, -0.2) is 22.0 Å². The first-order valence-electron chi connectivity index (χ1n) is 4.83. The van der Waals surface area contributed by atoms with E-state index >= 15 is 0 Å². The minimum atomic E-state index is -2.31. The Kier molecular flexibility index (Phi) is 4.23. The van der Waals surface area contributed by atoms with E-state index in [2.05, 4.69) is 0 Å². The summed E-state index contributed by atoms with van der Waals surface area (Å²) in [4.78, 5) is 11.4. The zero-order chi connectivity index (χ0) is 14.0. The minimum Gasteiger partial charge on any atom is -0.348 e. The molecule has 1 rings (SSSR count). The van der Waals surface area contributed by atoms with E-state index in [1.165, 1.54) is 6.92 Å². The molecule has 0 aliphatic rings. The highest BCUT2D eigenvalue weighted by molar-refractivity contribution is 5.95. The molecule has 0 aromatic heterocycles. The second-order valence-electron chi connectivity index (χ2n) is 3.56. The molecule has 18 heavy (non-hydrogen) atoms. The Hall–Kier alpha value is -1.70. The minimum absolute atomic E-state index is 0.0544. The molecule has 0 saturated heterocycles. The number of carbonyl (C=O) groups excluding carboxylic acids is 1. The SMILES string of the molecule is C[C@H](CN)NC(=O)c1c(F)c(F)c(F)c(F)c1F. The maximum atomic E-state index is 13.2. The number of carbonyl (C=O) groups is 1. The Labute approximate surface area is 98.8 Å². The third kappa shape index (κ3) is 2.42. The van der Waals surface area contributed by atoms with Gasteiger partial charge < -0.3 is 11.1 Å². The van der Waals surface area contributed by atoms with Crippen molar-refractivity contribution >= 4 is 5.91 Å². The van der Waals surface area contributed by atoms with Gasteiger partial charge in [-0.3, -0.25) is 4.79 Å². The van der Waals surface area contributed by atoms with Gasteiger partial charge in [0.2, 0.25) is 5.82 Å². The highest BCUT2D eigenvalue weighted by atomic mass is 19.2. The normalized spacial score (nSPS) is 12.4. The van der Waals surface area contributed by atoms with E-state index in [9.17, 15) is 26.7 Å². The smallest absolute Gasteiger partial charge is 0.257 e. The Morgan fingerprint density at radius 1 is 1.06 bits per heavy atom. The van der Waals surface area contributed by atoms with Crippen LogP contribution in [0, 0.1) is 29.1 Å². The standard InChI is InChI=1S/C10H9F5N2O/c1-3(2-16)17-10(18)4-5(11)7(13)9(15)8(14)6(4)12/h3H,2,16H2,1H3,(H,17,18)/t3-/m1/s1. The lowest BCUT2D eigenvalue weighted by Gasteiger charge is -2.13. The fraction of sp³-hybridized carbons (Fsp3) is 0.300. The Bertz CT molecular complexity index is 463. The molecule has 1 aromatic carbocycles. The number of nitrogens with two attached hydrogens (primary N) is 1. The highest BCUT2D eigenvalue weighted by Crippen LogP contribution is 2.22. The van der Waals surface area contributed by atoms with Gasteiger partial charge in [0, 0.05) is 12.6 Å². The summed E-state index contributed by atoms with van der Waals surface area (Å²) in [7, 11) is 0. The molecule has 100 valence electrons. The summed E-state index contributed by atoms with van der Waals surface area (Å²) >= 11 is 0. The van der Waals surface area contributed by atoms with Crippen molar-refractivity contribution in [2.75, 3.05) is 6.54 Å². The van der Waals surface area contributed by atoms with E-state index in [0.29, 0.717) is 0 Å². The van der Waals surface area contributed by atoms with E-state index in [4.69, 9.17) is 5.73 Å². The van der Waals surface area contributed by atoms with Crippen LogP contribution >= 0.6 is 0 Å². The van der Waals surface area contributed by atoms with Gasteiger partial charge in [-0.15, -0.1) is 0 Å². The van der Waals surface area contributed by atoms with Crippen LogP contribution in [0.3, 0.4) is 0 Å². The molecule has 0 bridgehead atoms. The van der Waals surface area contributed by atoms with E-state index in [1.54, 1.807) is 0 Å². The van der Waals surface area contributed by atoms with Crippen LogP contribution in [0.2, 0.25) is 0 Å². The lowest BCUT2D eigenvalue weighted by Crippen LogP contribution is -2.39. The van der Waals surface area contributed by atoms with Crippen molar-refractivity contribution in [1.29, 1.82) is 0 Å². The molecule has 1 amide bonds. The Morgan fingerprint density at radius 3 is 1.83 bits per heavy atom. The molecule has 1 atom stereocenters. The molecule has 0 fully saturated rings. The van der Waals surface area contributed by atoms with Crippen molar-refractivity contribution in [1.82, 2.24) is 5.32 Å². The molecular weight excluding hydrogens is 259 g/mol. The fourth-order valence-corrected chi connectivity index (χ4v) is 1.16. The van der Waals surface area contributed by atoms with Crippen molar-refractivity contribution in [3.63, 3.8) is 0 Å². The number of halogens is 5. The number of rotatable bonds is 3. The van der Waals surface area contributed by atoms with Crippen LogP contribution in [0.1, 0.15) is 17.3 Å². The van der Waals surface area contributed by atoms with Gasteiger partial charge in [-0.1, -0.05) is 0 Å². The van der Waals surface area contributed by atoms with Crippen LogP contribution in [-0.2, 0) is 0 Å². The summed E-state index contributed by atoms with van der Waals surface area (Å²) in [5.74, 6) is -12.4. The second-order valence-corrected chi connectivity index (χ2v) is 3.56. The summed E-state index contributed by atoms with van der Waals surface area (Å²) < 4.78 is 64.7. The van der Waals surface area contributed by atoms with Crippen LogP contribution in [-0.4, -0.2) is 18.5 Å². The molecule has 0 radical (unpaired) electrons. The van der Waals surface area contributed by atoms with Crippen molar-refractivity contribution in [3.05, 3.63) is 34.6 Å². The van der Waals surface area contributed by atoms with Gasteiger partial charge in [0.1, 0.15) is 5.56 Å². The third-order valence-electron chi connectivity index (χ3n) is 2.17. The monoisotopic (exact) mass is 268 g/mol. The lowest BCUT2D eigenvalue weighted by molar-refractivity contribution is 0.0929. The Morgan fingerprint density at radius 2 is 1.44 bits per heavy atom. The summed E-state index contributed by atoms with van der Waals surface area (Å²) in [6.45, 7) is 1.35. The van der Waals surface area contributed by atoms with Gasteiger partial charge in [0.05, 0.1) is 0 Å². The first-order valence-corrected chi connectivity index (χ1v) is 4.83. The molecule has 0 aliphatic carbocycles. The van der Waals surface area contributed by atoms with Crippen molar-refractivity contribution < 1.29 is 26.7 Å². The van der Waals surface area contributed by atoms with Crippen molar-refractivity contribution in [2.45, 2.75) is 13.0 Å². The third-order valence-corrected chi connectivity index (χ3v) is 2.17. The van der Waals surface area contributed by atoms with Crippen molar-refractivity contribution in [3.8, 4) is 0 Å². The number of hydrogen-bond donors (Lipinski definition) is 2. The van der Waals surface area contributed by atoms with Crippen LogP contribution in [0.25, 0.3) is 0 Å². The molecule has 0 spiro atoms. The molecule has 0 unspecified atom stereocenters. The predicted molar refractivity (Wildman–Crippen MR) is 52.2 cm³/mol. The molecule has 8 heteroatoms. The second kappa shape index (κ2) is 5.30. The van der Waals surface area contributed by atoms with Gasteiger partial charge in [0.25, 0.3) is 5.91 Å². The van der Waals surface area contributed by atoms with Crippen LogP contribution in [0.15, 0.2) is 0 Å². The summed E-state index contributed by atoms with van der Waals surface area (Å²) in [6, 6.07) is -0.674. The first kappa shape index (κ1) is 14.4. The molecule has 1 aromatic rings. The summed E-state index contributed by atoms with van der Waals surface area (Å²) in [6.07, 6.45) is 0. The largest absolute Gasteiger partial charge is 0.348 e. The topological polar surface area (TPSA) is 55.1 Å². The number of nitrogens with one attached hydrogen (secondary N) is 1. The predicted octanol–water partition coefficient (Wildman–Crippen LogP) is 1.46. The Balaban J connectivity index is 3.29. The molecule has 0 saturated carbocycles. The van der Waals surface area contributed by atoms with E-state index in [-0.39, 0.29) is 6.54 Å². The molecular formula is C10H9F5N2O. The number of amides is 1. The molecule has 0 heterocycles. The van der Waals surface area contributed by atoms with Gasteiger partial charge >= 0.3 is 0 Å². The number of hydrogen-bond acceptors (Lipinski definition) is 2. The maximum absolute atomic E-state index is 13.2. The molecule has 0 aliphatic heterocycles. The zero-order valence-corrected chi connectivity index (χ0v) is 9.16. The molecule has 3 N–H and O–H groups in total.